The van der Waals surface area contributed by atoms with E-state index in [0.29, 0.717) is 6.54 Å². The van der Waals surface area contributed by atoms with Gasteiger partial charge in [-0.05, 0) is 41.9 Å². The first-order chi connectivity index (χ1) is 12.2. The molecule has 2 N–H and O–H groups in total. The first-order valence-electron chi connectivity index (χ1n) is 8.46. The van der Waals surface area contributed by atoms with Crippen molar-refractivity contribution >= 4 is 0 Å². The van der Waals surface area contributed by atoms with Gasteiger partial charge in [0.2, 0.25) is 0 Å². The van der Waals surface area contributed by atoms with Gasteiger partial charge in [0.15, 0.2) is 0 Å². The van der Waals surface area contributed by atoms with Crippen LogP contribution >= 0.6 is 0 Å². The lowest BCUT2D eigenvalue weighted by atomic mass is 10.0. The zero-order valence-electron chi connectivity index (χ0n) is 15.1. The van der Waals surface area contributed by atoms with Crippen molar-refractivity contribution in [2.45, 2.75) is 19.1 Å². The van der Waals surface area contributed by atoms with Gasteiger partial charge < -0.3 is 24.6 Å². The molecular formula is C20H27NO4. The number of aliphatic hydroxyl groups excluding tert-OH is 1. The van der Waals surface area contributed by atoms with Gasteiger partial charge in [0.05, 0.1) is 26.9 Å². The van der Waals surface area contributed by atoms with E-state index in [4.69, 9.17) is 14.2 Å². The maximum atomic E-state index is 10.1. The average molecular weight is 345 g/mol. The van der Waals surface area contributed by atoms with Crippen LogP contribution in [0.2, 0.25) is 0 Å². The number of methoxy groups -OCH3 is 2. The second-order valence-corrected chi connectivity index (χ2v) is 5.72. The summed E-state index contributed by atoms with van der Waals surface area (Å²) < 4.78 is 16.5. The van der Waals surface area contributed by atoms with Crippen LogP contribution in [-0.2, 0) is 4.74 Å². The van der Waals surface area contributed by atoms with Crippen molar-refractivity contribution in [1.82, 2.24) is 5.32 Å². The Morgan fingerprint density at radius 3 is 1.76 bits per heavy atom. The summed E-state index contributed by atoms with van der Waals surface area (Å²) in [6, 6.07) is 15.5. The van der Waals surface area contributed by atoms with E-state index in [1.54, 1.807) is 14.2 Å². The van der Waals surface area contributed by atoms with Crippen LogP contribution in [0.3, 0.4) is 0 Å². The molecule has 0 aliphatic heterocycles. The molecule has 1 atom stereocenters. The van der Waals surface area contributed by atoms with Gasteiger partial charge in [0, 0.05) is 6.54 Å². The van der Waals surface area contributed by atoms with Gasteiger partial charge in [0.1, 0.15) is 17.6 Å². The molecule has 5 nitrogen and oxygen atoms in total. The standard InChI is InChI=1S/C20H27NO4/c1-4-21-13-17(22)14-25-20(15-5-9-18(23-2)10-6-15)16-7-11-19(24-3)12-8-16/h5-12,17,20-22H,4,13-14H2,1-3H3. The van der Waals surface area contributed by atoms with Crippen LogP contribution in [0.25, 0.3) is 0 Å². The summed E-state index contributed by atoms with van der Waals surface area (Å²) in [5.41, 5.74) is 2.00. The summed E-state index contributed by atoms with van der Waals surface area (Å²) in [5.74, 6) is 1.59. The molecule has 0 bridgehead atoms. The third kappa shape index (κ3) is 5.74. The second-order valence-electron chi connectivity index (χ2n) is 5.72. The summed E-state index contributed by atoms with van der Waals surface area (Å²) >= 11 is 0. The van der Waals surface area contributed by atoms with Gasteiger partial charge in [-0.1, -0.05) is 31.2 Å². The lowest BCUT2D eigenvalue weighted by Crippen LogP contribution is -2.30. The minimum Gasteiger partial charge on any atom is -0.497 e. The molecule has 2 aromatic rings. The minimum atomic E-state index is -0.557. The van der Waals surface area contributed by atoms with Crippen LogP contribution in [0.4, 0.5) is 0 Å². The Hall–Kier alpha value is -2.08. The zero-order chi connectivity index (χ0) is 18.1. The van der Waals surface area contributed by atoms with E-state index in [9.17, 15) is 5.11 Å². The van der Waals surface area contributed by atoms with Crippen molar-refractivity contribution in [1.29, 1.82) is 0 Å². The van der Waals surface area contributed by atoms with E-state index in [1.165, 1.54) is 0 Å². The highest BCUT2D eigenvalue weighted by atomic mass is 16.5. The van der Waals surface area contributed by atoms with Gasteiger partial charge in [-0.3, -0.25) is 0 Å². The predicted molar refractivity (Wildman–Crippen MR) is 98.3 cm³/mol. The van der Waals surface area contributed by atoms with E-state index >= 15 is 0 Å². The highest BCUT2D eigenvalue weighted by molar-refractivity contribution is 5.36. The molecule has 2 aromatic carbocycles. The van der Waals surface area contributed by atoms with Crippen LogP contribution in [0.5, 0.6) is 11.5 Å². The van der Waals surface area contributed by atoms with Gasteiger partial charge in [-0.2, -0.15) is 0 Å². The molecule has 0 saturated heterocycles. The lowest BCUT2D eigenvalue weighted by molar-refractivity contribution is 0.00678. The maximum Gasteiger partial charge on any atom is 0.118 e. The fourth-order valence-electron chi connectivity index (χ4n) is 2.52. The van der Waals surface area contributed by atoms with E-state index in [-0.39, 0.29) is 12.7 Å². The van der Waals surface area contributed by atoms with E-state index in [0.717, 1.165) is 29.2 Å². The summed E-state index contributed by atoms with van der Waals surface area (Å²) in [5, 5.41) is 13.2. The Morgan fingerprint density at radius 1 is 0.880 bits per heavy atom. The number of benzene rings is 2. The van der Waals surface area contributed by atoms with Crippen LogP contribution in [0.1, 0.15) is 24.2 Å². The maximum absolute atomic E-state index is 10.1. The molecule has 2 rings (SSSR count). The summed E-state index contributed by atoms with van der Waals surface area (Å²) in [6.45, 7) is 3.58. The van der Waals surface area contributed by atoms with Crippen molar-refractivity contribution in [3.8, 4) is 11.5 Å². The molecule has 0 aliphatic rings. The zero-order valence-corrected chi connectivity index (χ0v) is 15.1. The van der Waals surface area contributed by atoms with Crippen LogP contribution in [0.15, 0.2) is 48.5 Å². The number of nitrogens with one attached hydrogen (secondary N) is 1. The smallest absolute Gasteiger partial charge is 0.118 e. The molecule has 0 saturated carbocycles. The molecule has 0 amide bonds. The van der Waals surface area contributed by atoms with Crippen LogP contribution in [0, 0.1) is 0 Å². The van der Waals surface area contributed by atoms with E-state index in [1.807, 2.05) is 55.5 Å². The Kier molecular flexibility index (Phi) is 7.73. The first-order valence-corrected chi connectivity index (χ1v) is 8.46. The SMILES string of the molecule is CCNCC(O)COC(c1ccc(OC)cc1)c1ccc(OC)cc1. The predicted octanol–water partition coefficient (Wildman–Crippen LogP) is 2.78. The number of rotatable bonds is 10. The number of hydrogen-bond donors (Lipinski definition) is 2. The summed E-state index contributed by atoms with van der Waals surface area (Å²) in [7, 11) is 3.28. The van der Waals surface area contributed by atoms with Crippen molar-refractivity contribution in [3.05, 3.63) is 59.7 Å². The molecule has 0 fully saturated rings. The summed E-state index contributed by atoms with van der Waals surface area (Å²) in [4.78, 5) is 0. The van der Waals surface area contributed by atoms with Gasteiger partial charge in [0.25, 0.3) is 0 Å². The Bertz CT molecular complexity index is 565. The molecule has 1 unspecified atom stereocenters. The second kappa shape index (κ2) is 10.0. The molecule has 0 spiro atoms. The Balaban J connectivity index is 2.17. The molecule has 25 heavy (non-hydrogen) atoms. The number of hydrogen-bond acceptors (Lipinski definition) is 5. The molecule has 0 heterocycles. The number of aliphatic hydroxyl groups is 1. The number of ether oxygens (including phenoxy) is 3. The van der Waals surface area contributed by atoms with E-state index in [2.05, 4.69) is 5.32 Å². The first kappa shape index (κ1) is 19.2. The van der Waals surface area contributed by atoms with Gasteiger partial charge in [-0.15, -0.1) is 0 Å². The molecule has 0 aliphatic carbocycles. The number of likely N-dealkylation sites (N-methyl/N-ethyl adjacent to an activating group) is 1. The molecular weight excluding hydrogens is 318 g/mol. The molecule has 5 heteroatoms. The third-order valence-electron chi connectivity index (χ3n) is 3.92. The largest absolute Gasteiger partial charge is 0.497 e. The molecule has 0 aromatic heterocycles. The topological polar surface area (TPSA) is 60.0 Å². The Morgan fingerprint density at radius 2 is 1.36 bits per heavy atom. The third-order valence-corrected chi connectivity index (χ3v) is 3.92. The average Bonchev–Trinajstić information content (AvgIpc) is 2.67. The highest BCUT2D eigenvalue weighted by Gasteiger charge is 2.17. The highest BCUT2D eigenvalue weighted by Crippen LogP contribution is 2.29. The van der Waals surface area contributed by atoms with Crippen molar-refractivity contribution < 1.29 is 19.3 Å². The van der Waals surface area contributed by atoms with E-state index < -0.39 is 6.10 Å². The quantitative estimate of drug-likeness (QED) is 0.693. The van der Waals surface area contributed by atoms with Crippen LogP contribution < -0.4 is 14.8 Å². The van der Waals surface area contributed by atoms with Crippen LogP contribution in [-0.4, -0.2) is 45.1 Å². The monoisotopic (exact) mass is 345 g/mol. The Labute approximate surface area is 149 Å². The molecule has 136 valence electrons. The van der Waals surface area contributed by atoms with Gasteiger partial charge in [-0.25, -0.2) is 0 Å². The van der Waals surface area contributed by atoms with Gasteiger partial charge >= 0.3 is 0 Å². The molecule has 0 radical (unpaired) electrons. The van der Waals surface area contributed by atoms with Crippen molar-refractivity contribution in [2.24, 2.45) is 0 Å². The fourth-order valence-corrected chi connectivity index (χ4v) is 2.52. The minimum absolute atomic E-state index is 0.246. The van der Waals surface area contributed by atoms with Crippen molar-refractivity contribution in [3.63, 3.8) is 0 Å². The van der Waals surface area contributed by atoms with Crippen molar-refractivity contribution in [2.75, 3.05) is 33.9 Å². The normalized spacial score (nSPS) is 12.2. The fraction of sp³-hybridized carbons (Fsp3) is 0.400. The lowest BCUT2D eigenvalue weighted by Gasteiger charge is -2.21. The summed E-state index contributed by atoms with van der Waals surface area (Å²) in [6.07, 6.45) is -0.827.